The van der Waals surface area contributed by atoms with Crippen molar-refractivity contribution in [3.8, 4) is 0 Å². The molecule has 0 saturated carbocycles. The van der Waals surface area contributed by atoms with Gasteiger partial charge in [-0.1, -0.05) is 24.3 Å². The molecule has 1 N–H and O–H groups in total. The number of benzene rings is 1. The van der Waals surface area contributed by atoms with Crippen LogP contribution in [0.5, 0.6) is 0 Å². The van der Waals surface area contributed by atoms with Gasteiger partial charge in [0.2, 0.25) is 5.91 Å². The van der Waals surface area contributed by atoms with Gasteiger partial charge in [0.15, 0.2) is 0 Å². The van der Waals surface area contributed by atoms with Crippen LogP contribution in [0, 0.1) is 6.92 Å². The van der Waals surface area contributed by atoms with E-state index in [-0.39, 0.29) is 11.8 Å². The molecule has 108 valence electrons. The molecule has 1 unspecified atom stereocenters. The predicted molar refractivity (Wildman–Crippen MR) is 87.4 cm³/mol. The second kappa shape index (κ2) is 5.98. The van der Waals surface area contributed by atoms with Crippen molar-refractivity contribution in [2.24, 2.45) is 0 Å². The minimum Gasteiger partial charge on any atom is -0.310 e. The van der Waals surface area contributed by atoms with Gasteiger partial charge in [0.1, 0.15) is 5.82 Å². The normalized spacial score (nSPS) is 17.1. The highest BCUT2D eigenvalue weighted by atomic mass is 79.9. The number of hydrogen-bond acceptors (Lipinski definition) is 2. The molecular weight excluding hydrogens is 328 g/mol. The largest absolute Gasteiger partial charge is 0.310 e. The summed E-state index contributed by atoms with van der Waals surface area (Å²) in [6.45, 7) is 1.95. The molecule has 0 saturated heterocycles. The average Bonchev–Trinajstić information content (AvgIpc) is 2.49. The lowest BCUT2D eigenvalue weighted by atomic mass is 9.82. The minimum absolute atomic E-state index is 0.0417. The van der Waals surface area contributed by atoms with Gasteiger partial charge < -0.3 is 5.32 Å². The van der Waals surface area contributed by atoms with Gasteiger partial charge in [0.25, 0.3) is 0 Å². The number of aryl methyl sites for hydroxylation is 2. The van der Waals surface area contributed by atoms with Crippen LogP contribution in [0.25, 0.3) is 0 Å². The standard InChI is InChI=1S/C17H17BrN2O/c1-11-9-13(18)10-19-16(11)20-17(21)15-8-4-6-12-5-2-3-7-14(12)15/h2-3,5,7,9-10,15H,4,6,8H2,1H3,(H,19,20,21). The molecule has 1 aromatic carbocycles. The van der Waals surface area contributed by atoms with E-state index in [1.165, 1.54) is 5.56 Å². The maximum absolute atomic E-state index is 12.6. The van der Waals surface area contributed by atoms with Crippen molar-refractivity contribution in [1.29, 1.82) is 0 Å². The maximum Gasteiger partial charge on any atom is 0.233 e. The van der Waals surface area contributed by atoms with Crippen LogP contribution in [0.3, 0.4) is 0 Å². The van der Waals surface area contributed by atoms with E-state index in [2.05, 4.69) is 38.4 Å². The molecule has 21 heavy (non-hydrogen) atoms. The van der Waals surface area contributed by atoms with Gasteiger partial charge in [-0.05, 0) is 64.9 Å². The number of pyridine rings is 1. The van der Waals surface area contributed by atoms with E-state index in [1.807, 2.05) is 25.1 Å². The molecule has 2 aromatic rings. The molecule has 1 aliphatic carbocycles. The van der Waals surface area contributed by atoms with Gasteiger partial charge >= 0.3 is 0 Å². The van der Waals surface area contributed by atoms with Crippen molar-refractivity contribution >= 4 is 27.7 Å². The third kappa shape index (κ3) is 3.00. The number of fused-ring (bicyclic) bond motifs is 1. The first-order valence-corrected chi connectivity index (χ1v) is 7.95. The highest BCUT2D eigenvalue weighted by Gasteiger charge is 2.26. The summed E-state index contributed by atoms with van der Waals surface area (Å²) in [6.07, 6.45) is 4.73. The molecule has 0 spiro atoms. The lowest BCUT2D eigenvalue weighted by Crippen LogP contribution is -2.25. The van der Waals surface area contributed by atoms with E-state index in [9.17, 15) is 4.79 Å². The van der Waals surface area contributed by atoms with Crippen LogP contribution < -0.4 is 5.32 Å². The number of carbonyl (C=O) groups is 1. The summed E-state index contributed by atoms with van der Waals surface area (Å²) in [5.41, 5.74) is 3.42. The summed E-state index contributed by atoms with van der Waals surface area (Å²) in [5.74, 6) is 0.617. The van der Waals surface area contributed by atoms with Crippen LogP contribution in [-0.4, -0.2) is 10.9 Å². The summed E-state index contributed by atoms with van der Waals surface area (Å²) in [5, 5.41) is 2.98. The number of hydrogen-bond donors (Lipinski definition) is 1. The minimum atomic E-state index is -0.0696. The van der Waals surface area contributed by atoms with Crippen molar-refractivity contribution in [3.05, 3.63) is 57.7 Å². The molecule has 4 heteroatoms. The van der Waals surface area contributed by atoms with Gasteiger partial charge in [0, 0.05) is 10.7 Å². The van der Waals surface area contributed by atoms with E-state index < -0.39 is 0 Å². The number of anilines is 1. The quantitative estimate of drug-likeness (QED) is 0.886. The fourth-order valence-electron chi connectivity index (χ4n) is 2.90. The highest BCUT2D eigenvalue weighted by molar-refractivity contribution is 9.10. The van der Waals surface area contributed by atoms with E-state index in [4.69, 9.17) is 0 Å². The molecule has 1 atom stereocenters. The van der Waals surface area contributed by atoms with Crippen LogP contribution >= 0.6 is 15.9 Å². The first kappa shape index (κ1) is 14.3. The van der Waals surface area contributed by atoms with Crippen molar-refractivity contribution in [2.45, 2.75) is 32.1 Å². The topological polar surface area (TPSA) is 42.0 Å². The number of rotatable bonds is 2. The number of nitrogens with one attached hydrogen (secondary N) is 1. The van der Waals surface area contributed by atoms with Crippen LogP contribution in [0.4, 0.5) is 5.82 Å². The lowest BCUT2D eigenvalue weighted by molar-refractivity contribution is -0.117. The Morgan fingerprint density at radius 3 is 3.00 bits per heavy atom. The summed E-state index contributed by atoms with van der Waals surface area (Å²) in [6, 6.07) is 10.2. The zero-order valence-electron chi connectivity index (χ0n) is 11.9. The third-order valence-corrected chi connectivity index (χ3v) is 4.41. The Bertz CT molecular complexity index is 684. The summed E-state index contributed by atoms with van der Waals surface area (Å²) in [4.78, 5) is 16.9. The molecule has 1 heterocycles. The second-order valence-electron chi connectivity index (χ2n) is 5.45. The first-order valence-electron chi connectivity index (χ1n) is 7.16. The van der Waals surface area contributed by atoms with Crippen molar-refractivity contribution in [2.75, 3.05) is 5.32 Å². The molecule has 3 nitrogen and oxygen atoms in total. The van der Waals surface area contributed by atoms with Crippen molar-refractivity contribution in [3.63, 3.8) is 0 Å². The van der Waals surface area contributed by atoms with Gasteiger partial charge in [-0.3, -0.25) is 4.79 Å². The Morgan fingerprint density at radius 2 is 2.19 bits per heavy atom. The van der Waals surface area contributed by atoms with Gasteiger partial charge in [0.05, 0.1) is 5.92 Å². The van der Waals surface area contributed by atoms with E-state index in [1.54, 1.807) is 6.20 Å². The molecule has 1 amide bonds. The second-order valence-corrected chi connectivity index (χ2v) is 6.37. The summed E-state index contributed by atoms with van der Waals surface area (Å²) < 4.78 is 0.918. The molecule has 1 aromatic heterocycles. The Morgan fingerprint density at radius 1 is 1.38 bits per heavy atom. The van der Waals surface area contributed by atoms with E-state index in [0.29, 0.717) is 5.82 Å². The predicted octanol–water partition coefficient (Wildman–Crippen LogP) is 4.21. The number of nitrogens with zero attached hydrogens (tertiary/aromatic N) is 1. The molecule has 1 aliphatic rings. The molecule has 0 radical (unpaired) electrons. The van der Waals surface area contributed by atoms with Gasteiger partial charge in [-0.25, -0.2) is 4.98 Å². The fourth-order valence-corrected chi connectivity index (χ4v) is 3.35. The first-order chi connectivity index (χ1) is 10.1. The molecule has 3 rings (SSSR count). The number of halogens is 1. The number of carbonyl (C=O) groups excluding carboxylic acids is 1. The van der Waals surface area contributed by atoms with Crippen molar-refractivity contribution < 1.29 is 4.79 Å². The molecule has 0 fully saturated rings. The zero-order chi connectivity index (χ0) is 14.8. The van der Waals surface area contributed by atoms with E-state index >= 15 is 0 Å². The summed E-state index contributed by atoms with van der Waals surface area (Å²) >= 11 is 3.39. The van der Waals surface area contributed by atoms with E-state index in [0.717, 1.165) is 34.9 Å². The highest BCUT2D eigenvalue weighted by Crippen LogP contribution is 2.32. The molecular formula is C17H17BrN2O. The smallest absolute Gasteiger partial charge is 0.233 e. The monoisotopic (exact) mass is 344 g/mol. The SMILES string of the molecule is Cc1cc(Br)cnc1NC(=O)C1CCCc2ccccc21. The number of amides is 1. The van der Waals surface area contributed by atoms with Crippen LogP contribution in [0.15, 0.2) is 41.0 Å². The zero-order valence-corrected chi connectivity index (χ0v) is 13.5. The Labute approximate surface area is 132 Å². The number of aromatic nitrogens is 1. The Kier molecular flexibility index (Phi) is 4.06. The Balaban J connectivity index is 1.83. The van der Waals surface area contributed by atoms with Crippen molar-refractivity contribution in [1.82, 2.24) is 4.98 Å². The molecule has 0 bridgehead atoms. The molecule has 0 aliphatic heterocycles. The fraction of sp³-hybridized carbons (Fsp3) is 0.294. The summed E-state index contributed by atoms with van der Waals surface area (Å²) in [7, 11) is 0. The average molecular weight is 345 g/mol. The van der Waals surface area contributed by atoms with Crippen LogP contribution in [0.2, 0.25) is 0 Å². The van der Waals surface area contributed by atoms with Crippen LogP contribution in [-0.2, 0) is 11.2 Å². The van der Waals surface area contributed by atoms with Crippen LogP contribution in [0.1, 0.15) is 35.4 Å². The Hall–Kier alpha value is -1.68. The van der Waals surface area contributed by atoms with Gasteiger partial charge in [-0.15, -0.1) is 0 Å². The van der Waals surface area contributed by atoms with Gasteiger partial charge in [-0.2, -0.15) is 0 Å². The third-order valence-electron chi connectivity index (χ3n) is 3.97. The maximum atomic E-state index is 12.6. The lowest BCUT2D eigenvalue weighted by Gasteiger charge is -2.24.